The average Bonchev–Trinajstić information content (AvgIpc) is 2.78. The predicted octanol–water partition coefficient (Wildman–Crippen LogP) is 8.99. The summed E-state index contributed by atoms with van der Waals surface area (Å²) in [6, 6.07) is 9.57. The number of unbranched alkanes of at least 4 members (excludes halogenated alkanes) is 1. The topological polar surface area (TPSA) is 0 Å². The lowest BCUT2D eigenvalue weighted by Crippen LogP contribution is -2.22. The van der Waals surface area contributed by atoms with E-state index in [1.807, 2.05) is 6.07 Å². The van der Waals surface area contributed by atoms with E-state index in [1.165, 1.54) is 69.5 Å². The molecular weight excluding hydrogens is 414 g/mol. The molecule has 0 nitrogen and oxygen atoms in total. The van der Waals surface area contributed by atoms with Crippen LogP contribution in [0.1, 0.15) is 81.3 Å². The summed E-state index contributed by atoms with van der Waals surface area (Å²) < 4.78 is 27.8. The Hall–Kier alpha value is -0.933. The molecular formula is C26H37ClF2Si. The standard InChI is InChI=1S/C26H37ClF2Si/c1-2-3-4-15-30-16-13-21(14-17-30)6-5-20-7-9-22(10-8-20)23-11-12-24(25(28)18-23)26(29)19-27/h2,11-12,18-22,30H,1,3-10,13-17H2/t20?,21-,22?,30-. The van der Waals surface area contributed by atoms with E-state index >= 15 is 0 Å². The van der Waals surface area contributed by atoms with Gasteiger partial charge in [-0.2, -0.15) is 0 Å². The number of hydrogen-bond acceptors (Lipinski definition) is 0. The first kappa shape index (κ1) is 23.7. The van der Waals surface area contributed by atoms with Crippen molar-refractivity contribution < 1.29 is 8.78 Å². The van der Waals surface area contributed by atoms with E-state index in [-0.39, 0.29) is 5.56 Å². The lowest BCUT2D eigenvalue weighted by molar-refractivity contribution is 0.280. The minimum absolute atomic E-state index is 0.0408. The zero-order valence-electron chi connectivity index (χ0n) is 18.2. The highest BCUT2D eigenvalue weighted by atomic mass is 35.5. The number of rotatable bonds is 9. The van der Waals surface area contributed by atoms with E-state index in [4.69, 9.17) is 11.6 Å². The third kappa shape index (κ3) is 6.78. The van der Waals surface area contributed by atoms with Crippen molar-refractivity contribution in [2.75, 3.05) is 0 Å². The Morgan fingerprint density at radius 3 is 2.33 bits per heavy atom. The fourth-order valence-electron chi connectivity index (χ4n) is 5.65. The van der Waals surface area contributed by atoms with Crippen LogP contribution in [-0.4, -0.2) is 8.80 Å². The first-order chi connectivity index (χ1) is 14.6. The van der Waals surface area contributed by atoms with Crippen LogP contribution in [0.3, 0.4) is 0 Å². The first-order valence-electron chi connectivity index (χ1n) is 12.0. The third-order valence-electron chi connectivity index (χ3n) is 7.63. The van der Waals surface area contributed by atoms with E-state index in [2.05, 4.69) is 12.7 Å². The van der Waals surface area contributed by atoms with Gasteiger partial charge in [0.05, 0.1) is 0 Å². The minimum atomic E-state index is -0.710. The summed E-state index contributed by atoms with van der Waals surface area (Å²) in [6.07, 6.45) is 15.1. The van der Waals surface area contributed by atoms with Gasteiger partial charge >= 0.3 is 0 Å². The van der Waals surface area contributed by atoms with Crippen molar-refractivity contribution in [1.29, 1.82) is 0 Å². The van der Waals surface area contributed by atoms with Crippen LogP contribution in [0.15, 0.2) is 36.4 Å². The van der Waals surface area contributed by atoms with E-state index < -0.39 is 20.4 Å². The normalized spacial score (nSPS) is 27.8. The molecule has 1 aliphatic carbocycles. The van der Waals surface area contributed by atoms with Crippen LogP contribution in [0.5, 0.6) is 0 Å². The number of benzene rings is 1. The number of halogens is 3. The molecule has 0 N–H and O–H groups in total. The molecule has 4 heteroatoms. The molecule has 1 aromatic carbocycles. The van der Waals surface area contributed by atoms with Crippen molar-refractivity contribution in [1.82, 2.24) is 0 Å². The summed E-state index contributed by atoms with van der Waals surface area (Å²) in [4.78, 5) is 0. The van der Waals surface area contributed by atoms with Crippen LogP contribution in [0.25, 0.3) is 5.83 Å². The molecule has 0 radical (unpaired) electrons. The highest BCUT2D eigenvalue weighted by Gasteiger charge is 2.26. The van der Waals surface area contributed by atoms with Gasteiger partial charge in [0.2, 0.25) is 0 Å². The van der Waals surface area contributed by atoms with Crippen LogP contribution < -0.4 is 0 Å². The molecule has 30 heavy (non-hydrogen) atoms. The van der Waals surface area contributed by atoms with Crippen LogP contribution in [0, 0.1) is 17.7 Å². The predicted molar refractivity (Wildman–Crippen MR) is 129 cm³/mol. The number of hydrogen-bond donors (Lipinski definition) is 0. The maximum atomic E-state index is 14.2. The van der Waals surface area contributed by atoms with Gasteiger partial charge in [0.25, 0.3) is 0 Å². The molecule has 3 rings (SSSR count). The van der Waals surface area contributed by atoms with Crippen molar-refractivity contribution in [2.24, 2.45) is 11.8 Å². The molecule has 0 atom stereocenters. The van der Waals surface area contributed by atoms with Gasteiger partial charge in [-0.3, -0.25) is 0 Å². The molecule has 1 heterocycles. The second kappa shape index (κ2) is 12.2. The molecule has 0 bridgehead atoms. The van der Waals surface area contributed by atoms with Crippen molar-refractivity contribution in [3.05, 3.63) is 53.3 Å². The zero-order chi connectivity index (χ0) is 21.3. The molecule has 2 fully saturated rings. The Balaban J connectivity index is 1.37. The maximum absolute atomic E-state index is 14.2. The fourth-order valence-corrected chi connectivity index (χ4v) is 9.34. The van der Waals surface area contributed by atoms with Crippen molar-refractivity contribution in [3.63, 3.8) is 0 Å². The smallest absolute Gasteiger partial charge is 0.144 e. The van der Waals surface area contributed by atoms with Crippen LogP contribution in [0.2, 0.25) is 18.1 Å². The quantitative estimate of drug-likeness (QED) is 0.200. The largest absolute Gasteiger partial charge is 0.206 e. The van der Waals surface area contributed by atoms with Crippen molar-refractivity contribution >= 4 is 26.2 Å². The molecule has 2 aliphatic rings. The summed E-state index contributed by atoms with van der Waals surface area (Å²) in [7, 11) is -0.428. The summed E-state index contributed by atoms with van der Waals surface area (Å²) >= 11 is 5.38. The number of allylic oxidation sites excluding steroid dienone is 1. The molecule has 1 saturated carbocycles. The van der Waals surface area contributed by atoms with Crippen LogP contribution >= 0.6 is 11.6 Å². The lowest BCUT2D eigenvalue weighted by Gasteiger charge is -2.32. The SMILES string of the molecule is C=CCCC[Si@H]1CC[C@H](CCC2CCC(c3ccc(C(F)=CCl)c(F)c3)CC2)CC1. The summed E-state index contributed by atoms with van der Waals surface area (Å²) in [6.45, 7) is 3.84. The maximum Gasteiger partial charge on any atom is 0.144 e. The lowest BCUT2D eigenvalue weighted by atomic mass is 9.76. The molecule has 1 aliphatic heterocycles. The molecule has 0 amide bonds. The molecule has 1 aromatic rings. The van der Waals surface area contributed by atoms with Crippen LogP contribution in [0.4, 0.5) is 8.78 Å². The Labute approximate surface area is 188 Å². The van der Waals surface area contributed by atoms with E-state index in [0.717, 1.165) is 35.8 Å². The monoisotopic (exact) mass is 450 g/mol. The first-order valence-corrected chi connectivity index (χ1v) is 14.9. The Kier molecular flexibility index (Phi) is 9.64. The third-order valence-corrected chi connectivity index (χ3v) is 11.4. The van der Waals surface area contributed by atoms with Crippen molar-refractivity contribution in [3.8, 4) is 0 Å². The van der Waals surface area contributed by atoms with Crippen LogP contribution in [-0.2, 0) is 0 Å². The Bertz CT molecular complexity index is 701. The summed E-state index contributed by atoms with van der Waals surface area (Å²) in [5, 5.41) is 0. The Morgan fingerprint density at radius 2 is 1.73 bits per heavy atom. The van der Waals surface area contributed by atoms with Gasteiger partial charge in [0, 0.05) is 19.9 Å². The van der Waals surface area contributed by atoms with Crippen molar-refractivity contribution in [2.45, 2.75) is 88.3 Å². The molecule has 0 spiro atoms. The molecule has 1 saturated heterocycles. The molecule has 0 unspecified atom stereocenters. The Morgan fingerprint density at radius 1 is 1.07 bits per heavy atom. The van der Waals surface area contributed by atoms with Gasteiger partial charge in [-0.05, 0) is 67.6 Å². The van der Waals surface area contributed by atoms with Gasteiger partial charge in [-0.25, -0.2) is 8.78 Å². The van der Waals surface area contributed by atoms with Gasteiger partial charge in [0.15, 0.2) is 0 Å². The summed E-state index contributed by atoms with van der Waals surface area (Å²) in [5.41, 5.74) is 1.76. The molecule has 0 aromatic heterocycles. The second-order valence-corrected chi connectivity index (χ2v) is 13.3. The van der Waals surface area contributed by atoms with Gasteiger partial charge in [0.1, 0.15) is 11.6 Å². The van der Waals surface area contributed by atoms with E-state index in [9.17, 15) is 8.78 Å². The summed E-state index contributed by atoms with van der Waals surface area (Å²) in [5.74, 6) is 0.998. The zero-order valence-corrected chi connectivity index (χ0v) is 20.1. The second-order valence-electron chi connectivity index (χ2n) is 9.60. The van der Waals surface area contributed by atoms with E-state index in [1.54, 1.807) is 12.1 Å². The van der Waals surface area contributed by atoms with Gasteiger partial charge in [-0.1, -0.05) is 74.0 Å². The fraction of sp³-hybridized carbons (Fsp3) is 0.615. The molecule has 166 valence electrons. The highest BCUT2D eigenvalue weighted by Crippen LogP contribution is 2.40. The minimum Gasteiger partial charge on any atom is -0.206 e. The highest BCUT2D eigenvalue weighted by molar-refractivity contribution is 6.58. The van der Waals surface area contributed by atoms with Gasteiger partial charge in [-0.15, -0.1) is 6.58 Å². The van der Waals surface area contributed by atoms with Gasteiger partial charge < -0.3 is 0 Å². The van der Waals surface area contributed by atoms with E-state index in [0.29, 0.717) is 5.92 Å². The average molecular weight is 451 g/mol.